The highest BCUT2D eigenvalue weighted by Crippen LogP contribution is 2.29. The molecule has 2 aromatic carbocycles. The maximum Gasteiger partial charge on any atom is 0.206 e. The van der Waals surface area contributed by atoms with Crippen molar-refractivity contribution in [3.63, 3.8) is 0 Å². The van der Waals surface area contributed by atoms with Crippen LogP contribution in [0.25, 0.3) is 21.3 Å². The van der Waals surface area contributed by atoms with Crippen LogP contribution < -0.4 is 11.1 Å². The fourth-order valence-electron chi connectivity index (χ4n) is 2.94. The molecule has 0 unspecified atom stereocenters. The van der Waals surface area contributed by atoms with Gasteiger partial charge in [-0.15, -0.1) is 10.2 Å². The smallest absolute Gasteiger partial charge is 0.206 e. The molecule has 0 fully saturated rings. The lowest BCUT2D eigenvalue weighted by molar-refractivity contribution is 0.721. The monoisotopic (exact) mass is 429 g/mol. The van der Waals surface area contributed by atoms with Crippen molar-refractivity contribution in [3.8, 4) is 10.6 Å². The second kappa shape index (κ2) is 8.41. The summed E-state index contributed by atoms with van der Waals surface area (Å²) in [4.78, 5) is 4.14. The van der Waals surface area contributed by atoms with Crippen LogP contribution in [0.15, 0.2) is 54.9 Å². The highest BCUT2D eigenvalue weighted by molar-refractivity contribution is 7.18. The van der Waals surface area contributed by atoms with Crippen molar-refractivity contribution in [1.29, 1.82) is 0 Å². The number of nitrogens with zero attached hydrogens (tertiary/aromatic N) is 3. The van der Waals surface area contributed by atoms with Crippen molar-refractivity contribution in [1.82, 2.24) is 15.2 Å². The van der Waals surface area contributed by atoms with Gasteiger partial charge in [0.15, 0.2) is 0 Å². The topological polar surface area (TPSA) is 76.7 Å². The fourth-order valence-corrected chi connectivity index (χ4v) is 4.24. The minimum absolute atomic E-state index is 0.0119. The average Bonchev–Trinajstić information content (AvgIpc) is 3.17. The lowest BCUT2D eigenvalue weighted by Crippen LogP contribution is -2.31. The number of fused-ring (bicyclic) bond motifs is 1. The van der Waals surface area contributed by atoms with Gasteiger partial charge in [-0.1, -0.05) is 52.7 Å². The molecule has 28 heavy (non-hydrogen) atoms. The molecule has 1 atom stereocenters. The SMILES string of the molecule is NC[C@H](Cc1ccc(Cl)cc1Cl)Nc1nnc(-c2ccc3cnccc3c2)s1. The Balaban J connectivity index is 1.51. The van der Waals surface area contributed by atoms with E-state index in [4.69, 9.17) is 28.9 Å². The van der Waals surface area contributed by atoms with Crippen molar-refractivity contribution >= 4 is 50.4 Å². The Kier molecular flexibility index (Phi) is 5.73. The van der Waals surface area contributed by atoms with Crippen LogP contribution in [0.1, 0.15) is 5.56 Å². The van der Waals surface area contributed by atoms with Gasteiger partial charge >= 0.3 is 0 Å². The molecule has 2 heterocycles. The molecule has 3 N–H and O–H groups in total. The van der Waals surface area contributed by atoms with Crippen LogP contribution in [0.3, 0.4) is 0 Å². The van der Waals surface area contributed by atoms with E-state index >= 15 is 0 Å². The Bertz CT molecular complexity index is 1110. The van der Waals surface area contributed by atoms with Gasteiger partial charge in [-0.25, -0.2) is 0 Å². The standard InChI is InChI=1S/C20H17Cl2N5S/c21-16-4-3-13(18(22)9-16)8-17(10-23)25-20-27-26-19(28-20)14-1-2-15-11-24-6-5-12(15)7-14/h1-7,9,11,17H,8,10,23H2,(H,25,27)/t17-/m0/s1. The van der Waals surface area contributed by atoms with Crippen molar-refractivity contribution in [2.75, 3.05) is 11.9 Å². The van der Waals surface area contributed by atoms with Crippen LogP contribution in [0, 0.1) is 0 Å². The number of halogens is 2. The van der Waals surface area contributed by atoms with Crippen molar-refractivity contribution in [2.24, 2.45) is 5.73 Å². The first kappa shape index (κ1) is 19.1. The van der Waals surface area contributed by atoms with Crippen LogP contribution in [-0.2, 0) is 6.42 Å². The maximum atomic E-state index is 6.28. The van der Waals surface area contributed by atoms with Gasteiger partial charge in [0.05, 0.1) is 0 Å². The quantitative estimate of drug-likeness (QED) is 0.448. The maximum absolute atomic E-state index is 6.28. The van der Waals surface area contributed by atoms with Crippen LogP contribution >= 0.6 is 34.5 Å². The molecule has 0 aliphatic carbocycles. The Morgan fingerprint density at radius 2 is 1.93 bits per heavy atom. The minimum atomic E-state index is -0.0119. The third kappa shape index (κ3) is 4.25. The van der Waals surface area contributed by atoms with Gasteiger partial charge in [0.1, 0.15) is 5.01 Å². The summed E-state index contributed by atoms with van der Waals surface area (Å²) >= 11 is 13.7. The molecule has 0 amide bonds. The van der Waals surface area contributed by atoms with E-state index in [1.165, 1.54) is 11.3 Å². The predicted octanol–water partition coefficient (Wildman–Crippen LogP) is 5.04. The number of aromatic nitrogens is 3. The fraction of sp³-hybridized carbons (Fsp3) is 0.150. The summed E-state index contributed by atoms with van der Waals surface area (Å²) in [5.41, 5.74) is 7.96. The van der Waals surface area contributed by atoms with Gasteiger partial charge in [-0.2, -0.15) is 0 Å². The lowest BCUT2D eigenvalue weighted by atomic mass is 10.1. The Morgan fingerprint density at radius 3 is 2.75 bits per heavy atom. The van der Waals surface area contributed by atoms with E-state index in [9.17, 15) is 0 Å². The van der Waals surface area contributed by atoms with Crippen LogP contribution in [0.5, 0.6) is 0 Å². The molecule has 0 radical (unpaired) electrons. The molecule has 8 heteroatoms. The number of nitrogens with one attached hydrogen (secondary N) is 1. The minimum Gasteiger partial charge on any atom is -0.356 e. The first-order chi connectivity index (χ1) is 13.6. The van der Waals surface area contributed by atoms with E-state index in [0.717, 1.165) is 32.0 Å². The van der Waals surface area contributed by atoms with E-state index in [-0.39, 0.29) is 6.04 Å². The molecule has 0 saturated heterocycles. The Morgan fingerprint density at radius 1 is 1.04 bits per heavy atom. The van der Waals surface area contributed by atoms with E-state index in [1.54, 1.807) is 12.3 Å². The summed E-state index contributed by atoms with van der Waals surface area (Å²) in [7, 11) is 0. The highest BCUT2D eigenvalue weighted by Gasteiger charge is 2.14. The van der Waals surface area contributed by atoms with Gasteiger partial charge in [-0.3, -0.25) is 4.98 Å². The predicted molar refractivity (Wildman–Crippen MR) is 117 cm³/mol. The van der Waals surface area contributed by atoms with Crippen molar-refractivity contribution < 1.29 is 0 Å². The summed E-state index contributed by atoms with van der Waals surface area (Å²) in [5.74, 6) is 0. The van der Waals surface area contributed by atoms with E-state index in [2.05, 4.69) is 26.6 Å². The van der Waals surface area contributed by atoms with E-state index in [0.29, 0.717) is 23.0 Å². The van der Waals surface area contributed by atoms with Crippen LogP contribution in [0.4, 0.5) is 5.13 Å². The molecule has 5 nitrogen and oxygen atoms in total. The van der Waals surface area contributed by atoms with E-state index in [1.807, 2.05) is 36.5 Å². The molecular weight excluding hydrogens is 413 g/mol. The number of hydrogen-bond acceptors (Lipinski definition) is 6. The average molecular weight is 430 g/mol. The first-order valence-corrected chi connectivity index (χ1v) is 10.3. The number of rotatable bonds is 6. The number of hydrogen-bond donors (Lipinski definition) is 2. The van der Waals surface area contributed by atoms with Gasteiger partial charge in [0, 0.05) is 46.0 Å². The lowest BCUT2D eigenvalue weighted by Gasteiger charge is -2.16. The molecule has 4 aromatic rings. The number of pyridine rings is 1. The molecule has 2 aromatic heterocycles. The molecular formula is C20H17Cl2N5S. The number of nitrogens with two attached hydrogens (primary N) is 1. The molecule has 0 spiro atoms. The second-order valence-electron chi connectivity index (χ2n) is 6.37. The zero-order valence-corrected chi connectivity index (χ0v) is 17.1. The summed E-state index contributed by atoms with van der Waals surface area (Å²) in [6.07, 6.45) is 4.30. The van der Waals surface area contributed by atoms with E-state index < -0.39 is 0 Å². The van der Waals surface area contributed by atoms with Crippen molar-refractivity contribution in [3.05, 3.63) is 70.5 Å². The van der Waals surface area contributed by atoms with Crippen molar-refractivity contribution in [2.45, 2.75) is 12.5 Å². The van der Waals surface area contributed by atoms with Gasteiger partial charge in [-0.05, 0) is 41.6 Å². The normalized spacial score (nSPS) is 12.2. The second-order valence-corrected chi connectivity index (χ2v) is 8.19. The number of anilines is 1. The third-order valence-corrected chi connectivity index (χ3v) is 5.90. The zero-order chi connectivity index (χ0) is 19.5. The Labute approximate surface area is 176 Å². The summed E-state index contributed by atoms with van der Waals surface area (Å²) in [6, 6.07) is 13.6. The molecule has 0 aliphatic heterocycles. The largest absolute Gasteiger partial charge is 0.356 e. The third-order valence-electron chi connectivity index (χ3n) is 4.41. The van der Waals surface area contributed by atoms with Gasteiger partial charge in [0.2, 0.25) is 5.13 Å². The summed E-state index contributed by atoms with van der Waals surface area (Å²) in [5, 5.41) is 17.0. The molecule has 4 rings (SSSR count). The summed E-state index contributed by atoms with van der Waals surface area (Å²) < 4.78 is 0. The molecule has 0 bridgehead atoms. The van der Waals surface area contributed by atoms with Gasteiger partial charge in [0.25, 0.3) is 0 Å². The van der Waals surface area contributed by atoms with Crippen LogP contribution in [0.2, 0.25) is 10.0 Å². The van der Waals surface area contributed by atoms with Crippen LogP contribution in [-0.4, -0.2) is 27.8 Å². The first-order valence-electron chi connectivity index (χ1n) is 8.70. The zero-order valence-electron chi connectivity index (χ0n) is 14.8. The molecule has 0 saturated carbocycles. The molecule has 0 aliphatic rings. The van der Waals surface area contributed by atoms with Gasteiger partial charge < -0.3 is 11.1 Å². The summed E-state index contributed by atoms with van der Waals surface area (Å²) in [6.45, 7) is 0.441. The highest BCUT2D eigenvalue weighted by atomic mass is 35.5. The number of benzene rings is 2. The molecule has 142 valence electrons. The Hall–Kier alpha value is -2.25.